The fourth-order valence-corrected chi connectivity index (χ4v) is 3.70. The quantitative estimate of drug-likeness (QED) is 0.526. The highest BCUT2D eigenvalue weighted by Crippen LogP contribution is 2.38. The minimum atomic E-state index is -5.22. The molecule has 0 radical (unpaired) electrons. The SMILES string of the molecule is Cc1cccc(Nc2nc(OC(=O)C(F)(F)F)nc3cc(O)cc(OC4CCN(C)CC4)c23)c1. The van der Waals surface area contributed by atoms with Crippen LogP contribution in [0.1, 0.15) is 18.4 Å². The van der Waals surface area contributed by atoms with E-state index in [1.807, 2.05) is 26.1 Å². The maximum atomic E-state index is 12.7. The third-order valence-electron chi connectivity index (χ3n) is 5.38. The van der Waals surface area contributed by atoms with E-state index in [0.717, 1.165) is 31.5 Å². The first kappa shape index (κ1) is 23.6. The number of fused-ring (bicyclic) bond motifs is 1. The van der Waals surface area contributed by atoms with E-state index < -0.39 is 18.2 Å². The molecule has 0 aliphatic carbocycles. The van der Waals surface area contributed by atoms with Crippen LogP contribution < -0.4 is 14.8 Å². The molecular formula is C23H23F3N4O4. The average molecular weight is 476 g/mol. The molecule has 0 spiro atoms. The normalized spacial score (nSPS) is 15.3. The zero-order valence-corrected chi connectivity index (χ0v) is 18.5. The number of nitrogens with one attached hydrogen (secondary N) is 1. The van der Waals surface area contributed by atoms with Crippen LogP contribution in [0.25, 0.3) is 10.9 Å². The van der Waals surface area contributed by atoms with E-state index in [1.165, 1.54) is 12.1 Å². The Hall–Kier alpha value is -3.60. The lowest BCUT2D eigenvalue weighted by molar-refractivity contribution is -0.190. The summed E-state index contributed by atoms with van der Waals surface area (Å²) in [5, 5.41) is 13.6. The number of aromatic hydroxyl groups is 1. The number of rotatable bonds is 5. The van der Waals surface area contributed by atoms with Gasteiger partial charge in [0.25, 0.3) is 0 Å². The second-order valence-electron chi connectivity index (χ2n) is 8.20. The van der Waals surface area contributed by atoms with Crippen molar-refractivity contribution in [2.24, 2.45) is 0 Å². The highest BCUT2D eigenvalue weighted by Gasteiger charge is 2.42. The molecule has 1 fully saturated rings. The van der Waals surface area contributed by atoms with E-state index >= 15 is 0 Å². The molecule has 1 saturated heterocycles. The van der Waals surface area contributed by atoms with Crippen LogP contribution >= 0.6 is 0 Å². The maximum Gasteiger partial charge on any atom is 0.491 e. The number of hydrogen-bond acceptors (Lipinski definition) is 8. The molecule has 1 aliphatic rings. The molecule has 8 nitrogen and oxygen atoms in total. The van der Waals surface area contributed by atoms with Crippen LogP contribution in [0.15, 0.2) is 36.4 Å². The highest BCUT2D eigenvalue weighted by molar-refractivity contribution is 5.97. The van der Waals surface area contributed by atoms with E-state index in [4.69, 9.17) is 4.74 Å². The Morgan fingerprint density at radius 1 is 1.18 bits per heavy atom. The molecule has 180 valence electrons. The Kier molecular flexibility index (Phi) is 6.47. The van der Waals surface area contributed by atoms with Crippen LogP contribution in [0.5, 0.6) is 17.5 Å². The smallest absolute Gasteiger partial charge is 0.491 e. The van der Waals surface area contributed by atoms with E-state index in [2.05, 4.69) is 24.9 Å². The molecule has 1 aliphatic heterocycles. The summed E-state index contributed by atoms with van der Waals surface area (Å²) in [7, 11) is 2.02. The number of likely N-dealkylation sites (tertiary alicyclic amines) is 1. The fraction of sp³-hybridized carbons (Fsp3) is 0.348. The number of alkyl halides is 3. The maximum absolute atomic E-state index is 12.7. The van der Waals surface area contributed by atoms with Gasteiger partial charge in [-0.3, -0.25) is 0 Å². The molecule has 0 unspecified atom stereocenters. The van der Waals surface area contributed by atoms with Gasteiger partial charge >= 0.3 is 18.2 Å². The van der Waals surface area contributed by atoms with Crippen LogP contribution in [0.2, 0.25) is 0 Å². The molecular weight excluding hydrogens is 453 g/mol. The zero-order valence-electron chi connectivity index (χ0n) is 18.5. The highest BCUT2D eigenvalue weighted by atomic mass is 19.4. The number of esters is 1. The van der Waals surface area contributed by atoms with Crippen molar-refractivity contribution >= 4 is 28.4 Å². The Morgan fingerprint density at radius 3 is 2.59 bits per heavy atom. The lowest BCUT2D eigenvalue weighted by atomic mass is 10.1. The zero-order chi connectivity index (χ0) is 24.5. The number of phenols is 1. The first-order valence-corrected chi connectivity index (χ1v) is 10.6. The van der Waals surface area contributed by atoms with Crippen molar-refractivity contribution in [1.82, 2.24) is 14.9 Å². The van der Waals surface area contributed by atoms with Gasteiger partial charge in [0.2, 0.25) is 0 Å². The summed E-state index contributed by atoms with van der Waals surface area (Å²) in [6.07, 6.45) is -3.83. The summed E-state index contributed by atoms with van der Waals surface area (Å²) in [5.41, 5.74) is 1.59. The first-order valence-electron chi connectivity index (χ1n) is 10.6. The number of aromatic nitrogens is 2. The number of phenolic OH excluding ortho intramolecular Hbond substituents is 1. The number of aryl methyl sites for hydroxylation is 1. The van der Waals surface area contributed by atoms with E-state index in [-0.39, 0.29) is 28.9 Å². The molecule has 0 saturated carbocycles. The van der Waals surface area contributed by atoms with Crippen molar-refractivity contribution in [2.45, 2.75) is 32.0 Å². The van der Waals surface area contributed by atoms with Crippen LogP contribution in [0.4, 0.5) is 24.7 Å². The Labute approximate surface area is 193 Å². The minimum Gasteiger partial charge on any atom is -0.508 e. The van der Waals surface area contributed by atoms with Gasteiger partial charge in [-0.1, -0.05) is 12.1 Å². The third-order valence-corrected chi connectivity index (χ3v) is 5.38. The molecule has 0 bridgehead atoms. The number of ether oxygens (including phenoxy) is 2. The second-order valence-corrected chi connectivity index (χ2v) is 8.20. The monoisotopic (exact) mass is 476 g/mol. The Bertz CT molecular complexity index is 1210. The molecule has 2 heterocycles. The number of halogens is 3. The van der Waals surface area contributed by atoms with Gasteiger partial charge in [-0.25, -0.2) is 4.79 Å². The first-order chi connectivity index (χ1) is 16.1. The molecule has 2 N–H and O–H groups in total. The summed E-state index contributed by atoms with van der Waals surface area (Å²) in [6, 6.07) is 9.09. The number of carbonyl (C=O) groups excluding carboxylic acids is 1. The second kappa shape index (κ2) is 9.34. The van der Waals surface area contributed by atoms with Crippen LogP contribution in [-0.4, -0.2) is 58.4 Å². The topological polar surface area (TPSA) is 96.8 Å². The van der Waals surface area contributed by atoms with Gasteiger partial charge in [-0.2, -0.15) is 23.1 Å². The number of benzene rings is 2. The van der Waals surface area contributed by atoms with Crippen molar-refractivity contribution in [2.75, 3.05) is 25.5 Å². The van der Waals surface area contributed by atoms with E-state index in [9.17, 15) is 23.1 Å². The summed E-state index contributed by atoms with van der Waals surface area (Å²) >= 11 is 0. The standard InChI is InChI=1S/C23H23F3N4O4/c1-13-4-3-5-14(10-13)27-20-19-17(28-22(29-20)34-21(32)23(24,25)26)11-15(31)12-18(19)33-16-6-8-30(2)9-7-16/h3-5,10-12,16,31H,6-9H2,1-2H3,(H,27,28,29). The number of carbonyl (C=O) groups is 1. The lowest BCUT2D eigenvalue weighted by Gasteiger charge is -2.29. The predicted molar refractivity (Wildman–Crippen MR) is 119 cm³/mol. The average Bonchev–Trinajstić information content (AvgIpc) is 2.74. The molecule has 11 heteroatoms. The van der Waals surface area contributed by atoms with E-state index in [0.29, 0.717) is 11.1 Å². The van der Waals surface area contributed by atoms with Crippen LogP contribution in [-0.2, 0) is 4.79 Å². The lowest BCUT2D eigenvalue weighted by Crippen LogP contribution is -2.35. The van der Waals surface area contributed by atoms with Gasteiger partial charge in [-0.15, -0.1) is 0 Å². The minimum absolute atomic E-state index is 0.0538. The Balaban J connectivity index is 1.79. The molecule has 3 aromatic rings. The van der Waals surface area contributed by atoms with Crippen LogP contribution in [0.3, 0.4) is 0 Å². The molecule has 1 aromatic heterocycles. The number of anilines is 2. The summed E-state index contributed by atoms with van der Waals surface area (Å²) in [4.78, 5) is 21.5. The van der Waals surface area contributed by atoms with E-state index in [1.54, 1.807) is 12.1 Å². The fourth-order valence-electron chi connectivity index (χ4n) is 3.70. The number of piperidine rings is 1. The van der Waals surface area contributed by atoms with Gasteiger partial charge in [0, 0.05) is 30.9 Å². The third kappa shape index (κ3) is 5.48. The largest absolute Gasteiger partial charge is 0.508 e. The Morgan fingerprint density at radius 2 is 1.91 bits per heavy atom. The number of nitrogens with zero attached hydrogens (tertiary/aromatic N) is 3. The number of hydrogen-bond donors (Lipinski definition) is 2. The summed E-state index contributed by atoms with van der Waals surface area (Å²) in [6.45, 7) is 3.56. The van der Waals surface area contributed by atoms with Crippen molar-refractivity contribution in [3.8, 4) is 17.5 Å². The summed E-state index contributed by atoms with van der Waals surface area (Å²) < 4.78 is 48.8. The summed E-state index contributed by atoms with van der Waals surface area (Å²) in [5.74, 6) is -2.31. The predicted octanol–water partition coefficient (Wildman–Crippen LogP) is 4.33. The molecule has 34 heavy (non-hydrogen) atoms. The van der Waals surface area contributed by atoms with Gasteiger partial charge in [0.15, 0.2) is 0 Å². The van der Waals surface area contributed by atoms with Crippen molar-refractivity contribution < 1.29 is 32.5 Å². The molecule has 4 rings (SSSR count). The van der Waals surface area contributed by atoms with Crippen LogP contribution in [0, 0.1) is 6.92 Å². The van der Waals surface area contributed by atoms with Gasteiger partial charge in [0.05, 0.1) is 10.9 Å². The molecule has 0 amide bonds. The molecule has 2 aromatic carbocycles. The molecule has 0 atom stereocenters. The van der Waals surface area contributed by atoms with Gasteiger partial charge in [0.1, 0.15) is 23.4 Å². The van der Waals surface area contributed by atoms with Crippen molar-refractivity contribution in [3.05, 3.63) is 42.0 Å². The van der Waals surface area contributed by atoms with Crippen molar-refractivity contribution in [1.29, 1.82) is 0 Å². The van der Waals surface area contributed by atoms with Crippen molar-refractivity contribution in [3.63, 3.8) is 0 Å². The van der Waals surface area contributed by atoms with Gasteiger partial charge in [-0.05, 0) is 44.5 Å². The van der Waals surface area contributed by atoms with Gasteiger partial charge < -0.3 is 24.8 Å².